The van der Waals surface area contributed by atoms with E-state index in [0.717, 1.165) is 17.8 Å². The molecule has 8 nitrogen and oxygen atoms in total. The van der Waals surface area contributed by atoms with Crippen LogP contribution in [0.3, 0.4) is 0 Å². The smallest absolute Gasteiger partial charge is 0.269 e. The van der Waals surface area contributed by atoms with Crippen molar-refractivity contribution in [3.63, 3.8) is 0 Å². The van der Waals surface area contributed by atoms with Crippen LogP contribution in [0.4, 0.5) is 5.13 Å². The van der Waals surface area contributed by atoms with Gasteiger partial charge in [0.05, 0.1) is 0 Å². The van der Waals surface area contributed by atoms with Crippen molar-refractivity contribution in [3.8, 4) is 0 Å². The van der Waals surface area contributed by atoms with Gasteiger partial charge in [-0.3, -0.25) is 4.79 Å². The van der Waals surface area contributed by atoms with Crippen LogP contribution in [-0.4, -0.2) is 44.8 Å². The molecule has 0 spiro atoms. The first-order valence-electron chi connectivity index (χ1n) is 5.55. The van der Waals surface area contributed by atoms with E-state index in [-0.39, 0.29) is 15.4 Å². The van der Waals surface area contributed by atoms with Crippen LogP contribution in [0.5, 0.6) is 0 Å². The summed E-state index contributed by atoms with van der Waals surface area (Å²) >= 11 is 0.807. The zero-order valence-electron chi connectivity index (χ0n) is 10.7. The number of carbonyl (C=O) groups is 1. The highest BCUT2D eigenvalue weighted by Gasteiger charge is 2.19. The number of carbonyl (C=O) groups excluding carboxylic acids is 1. The topological polar surface area (TPSA) is 110 Å². The van der Waals surface area contributed by atoms with E-state index >= 15 is 0 Å². The predicted molar refractivity (Wildman–Crippen MR) is 70.5 cm³/mol. The van der Waals surface area contributed by atoms with E-state index in [1.165, 1.54) is 6.92 Å². The molecule has 0 aliphatic carbocycles. The van der Waals surface area contributed by atoms with Gasteiger partial charge in [-0.2, -0.15) is 0 Å². The highest BCUT2D eigenvalue weighted by Crippen LogP contribution is 2.19. The van der Waals surface area contributed by atoms with E-state index < -0.39 is 10.0 Å². The van der Waals surface area contributed by atoms with E-state index in [9.17, 15) is 13.2 Å². The molecule has 1 amide bonds. The third-order valence-electron chi connectivity index (χ3n) is 1.99. The van der Waals surface area contributed by atoms with Crippen molar-refractivity contribution in [3.05, 3.63) is 0 Å². The second-order valence-electron chi connectivity index (χ2n) is 3.65. The molecule has 19 heavy (non-hydrogen) atoms. The molecule has 2 N–H and O–H groups in total. The number of methoxy groups -OCH3 is 1. The first-order valence-corrected chi connectivity index (χ1v) is 7.85. The Labute approximate surface area is 115 Å². The standard InChI is InChI=1S/C9H16N4O4S2/c1-7(14)11-8-12-13-9(18-8)19(15,16)10-5-3-4-6-17-2/h10H,3-6H2,1-2H3,(H,11,12,14). The Morgan fingerprint density at radius 2 is 2.11 bits per heavy atom. The third kappa shape index (κ3) is 5.59. The van der Waals surface area contributed by atoms with E-state index in [1.807, 2.05) is 0 Å². The molecular weight excluding hydrogens is 292 g/mol. The zero-order chi connectivity index (χ0) is 14.3. The number of nitrogens with one attached hydrogen (secondary N) is 2. The summed E-state index contributed by atoms with van der Waals surface area (Å²) in [5, 5.41) is 9.65. The molecule has 0 saturated heterocycles. The van der Waals surface area contributed by atoms with Gasteiger partial charge in [-0.1, -0.05) is 11.3 Å². The molecule has 0 aliphatic rings. The minimum Gasteiger partial charge on any atom is -0.385 e. The maximum atomic E-state index is 11.8. The molecule has 0 aliphatic heterocycles. The Morgan fingerprint density at radius 1 is 1.37 bits per heavy atom. The van der Waals surface area contributed by atoms with Crippen LogP contribution < -0.4 is 10.0 Å². The Hall–Kier alpha value is -1.10. The van der Waals surface area contributed by atoms with Crippen molar-refractivity contribution in [2.75, 3.05) is 25.6 Å². The fourth-order valence-corrected chi connectivity index (χ4v) is 3.22. The highest BCUT2D eigenvalue weighted by molar-refractivity contribution is 7.91. The lowest BCUT2D eigenvalue weighted by Gasteiger charge is -2.02. The average Bonchev–Trinajstić information content (AvgIpc) is 2.77. The Bertz CT molecular complexity index is 514. The Kier molecular flexibility index (Phi) is 6.28. The van der Waals surface area contributed by atoms with Crippen LogP contribution in [0.2, 0.25) is 0 Å². The number of aromatic nitrogens is 2. The van der Waals surface area contributed by atoms with E-state index in [1.54, 1.807) is 7.11 Å². The average molecular weight is 308 g/mol. The van der Waals surface area contributed by atoms with E-state index in [4.69, 9.17) is 4.74 Å². The molecule has 1 rings (SSSR count). The van der Waals surface area contributed by atoms with Gasteiger partial charge < -0.3 is 10.1 Å². The Balaban J connectivity index is 2.52. The quantitative estimate of drug-likeness (QED) is 0.524. The van der Waals surface area contributed by atoms with Gasteiger partial charge in [0, 0.05) is 27.2 Å². The van der Waals surface area contributed by atoms with Crippen LogP contribution >= 0.6 is 11.3 Å². The number of sulfonamides is 1. The summed E-state index contributed by atoms with van der Waals surface area (Å²) in [6.07, 6.45) is 1.44. The van der Waals surface area contributed by atoms with Crippen molar-refractivity contribution in [2.24, 2.45) is 0 Å². The molecule has 0 unspecified atom stereocenters. The van der Waals surface area contributed by atoms with Gasteiger partial charge in [0.25, 0.3) is 10.0 Å². The lowest BCUT2D eigenvalue weighted by molar-refractivity contribution is -0.114. The fourth-order valence-electron chi connectivity index (χ4n) is 1.16. The minimum absolute atomic E-state index is 0.159. The first kappa shape index (κ1) is 16.0. The maximum absolute atomic E-state index is 11.8. The molecule has 0 fully saturated rings. The van der Waals surface area contributed by atoms with Gasteiger partial charge in [0.2, 0.25) is 15.4 Å². The van der Waals surface area contributed by atoms with Crippen molar-refractivity contribution in [2.45, 2.75) is 24.1 Å². The summed E-state index contributed by atoms with van der Waals surface area (Å²) in [4.78, 5) is 10.8. The Morgan fingerprint density at radius 3 is 2.74 bits per heavy atom. The van der Waals surface area contributed by atoms with Crippen LogP contribution in [0, 0.1) is 0 Å². The molecule has 10 heteroatoms. The summed E-state index contributed by atoms with van der Waals surface area (Å²) in [7, 11) is -2.07. The normalized spacial score (nSPS) is 11.5. The van der Waals surface area contributed by atoms with Crippen LogP contribution in [-0.2, 0) is 19.6 Å². The van der Waals surface area contributed by atoms with Gasteiger partial charge in [-0.05, 0) is 12.8 Å². The van der Waals surface area contributed by atoms with Gasteiger partial charge in [-0.25, -0.2) is 13.1 Å². The largest absolute Gasteiger partial charge is 0.385 e. The molecule has 1 aromatic heterocycles. The van der Waals surface area contributed by atoms with Crippen molar-refractivity contribution in [1.82, 2.24) is 14.9 Å². The summed E-state index contributed by atoms with van der Waals surface area (Å²) in [5.74, 6) is -0.326. The van der Waals surface area contributed by atoms with Gasteiger partial charge >= 0.3 is 0 Å². The lowest BCUT2D eigenvalue weighted by atomic mass is 10.3. The fraction of sp³-hybridized carbons (Fsp3) is 0.667. The van der Waals surface area contributed by atoms with Crippen molar-refractivity contribution >= 4 is 32.4 Å². The number of hydrogen-bond acceptors (Lipinski definition) is 7. The number of nitrogens with zero attached hydrogens (tertiary/aromatic N) is 2. The molecular formula is C9H16N4O4S2. The second kappa shape index (κ2) is 7.48. The second-order valence-corrected chi connectivity index (χ2v) is 6.57. The van der Waals surface area contributed by atoms with E-state index in [0.29, 0.717) is 19.6 Å². The summed E-state index contributed by atoms with van der Waals surface area (Å²) in [6.45, 7) is 2.21. The molecule has 0 saturated carbocycles. The monoisotopic (exact) mass is 308 g/mol. The van der Waals surface area contributed by atoms with E-state index in [2.05, 4.69) is 20.2 Å². The summed E-state index contributed by atoms with van der Waals surface area (Å²) in [5.41, 5.74) is 0. The molecule has 0 aromatic carbocycles. The number of unbranched alkanes of at least 4 members (excludes halogenated alkanes) is 1. The molecule has 0 bridgehead atoms. The zero-order valence-corrected chi connectivity index (χ0v) is 12.3. The number of rotatable bonds is 8. The van der Waals surface area contributed by atoms with Crippen molar-refractivity contribution in [1.29, 1.82) is 0 Å². The van der Waals surface area contributed by atoms with Crippen LogP contribution in [0.25, 0.3) is 0 Å². The highest BCUT2D eigenvalue weighted by atomic mass is 32.2. The SMILES string of the molecule is COCCCCNS(=O)(=O)c1nnc(NC(C)=O)s1. The summed E-state index contributed by atoms with van der Waals surface area (Å²) < 4.78 is 30.7. The van der Waals surface area contributed by atoms with Crippen LogP contribution in [0.15, 0.2) is 4.34 Å². The van der Waals surface area contributed by atoms with Gasteiger partial charge in [0.1, 0.15) is 0 Å². The van der Waals surface area contributed by atoms with Crippen LogP contribution in [0.1, 0.15) is 19.8 Å². The number of ether oxygens (including phenoxy) is 1. The first-order chi connectivity index (χ1) is 8.95. The predicted octanol–water partition coefficient (Wildman–Crippen LogP) is 0.201. The molecule has 0 radical (unpaired) electrons. The van der Waals surface area contributed by atoms with Crippen molar-refractivity contribution < 1.29 is 17.9 Å². The van der Waals surface area contributed by atoms with Gasteiger partial charge in [0.15, 0.2) is 0 Å². The third-order valence-corrected chi connectivity index (χ3v) is 4.65. The number of anilines is 1. The number of amides is 1. The lowest BCUT2D eigenvalue weighted by Crippen LogP contribution is -2.24. The molecule has 108 valence electrons. The molecule has 0 atom stereocenters. The summed E-state index contributed by atoms with van der Waals surface area (Å²) in [6, 6.07) is 0. The molecule has 1 aromatic rings. The molecule has 1 heterocycles. The maximum Gasteiger partial charge on any atom is 0.269 e. The van der Waals surface area contributed by atoms with Gasteiger partial charge in [-0.15, -0.1) is 10.2 Å². The number of hydrogen-bond donors (Lipinski definition) is 2. The minimum atomic E-state index is -3.66.